The molecule has 0 spiro atoms. The van der Waals surface area contributed by atoms with Crippen molar-refractivity contribution in [1.29, 1.82) is 0 Å². The van der Waals surface area contributed by atoms with Gasteiger partial charge in [0.1, 0.15) is 0 Å². The molecule has 3 N–H and O–H groups in total. The summed E-state index contributed by atoms with van der Waals surface area (Å²) in [6.07, 6.45) is 0.776. The van der Waals surface area contributed by atoms with Gasteiger partial charge in [-0.1, -0.05) is 0 Å². The number of sulfonamides is 1. The van der Waals surface area contributed by atoms with E-state index in [4.69, 9.17) is 10.8 Å². The van der Waals surface area contributed by atoms with Crippen molar-refractivity contribution in [2.45, 2.75) is 17.4 Å². The van der Waals surface area contributed by atoms with Crippen LogP contribution in [-0.2, 0) is 10.0 Å². The molecule has 0 amide bonds. The summed E-state index contributed by atoms with van der Waals surface area (Å²) in [5.41, 5.74) is 5.46. The van der Waals surface area contributed by atoms with Crippen LogP contribution in [0.15, 0.2) is 23.1 Å². The van der Waals surface area contributed by atoms with Crippen LogP contribution in [0, 0.1) is 0 Å². The summed E-state index contributed by atoms with van der Waals surface area (Å²) in [5.74, 6) is 0.343. The molecule has 6 nitrogen and oxygen atoms in total. The molecule has 1 aliphatic heterocycles. The van der Waals surface area contributed by atoms with Crippen LogP contribution in [0.5, 0.6) is 0 Å². The number of anilines is 1. The number of nitrogens with zero attached hydrogens (tertiary/aromatic N) is 1. The number of carboxylic acids is 1. The third kappa shape index (κ3) is 2.77. The number of carboxylic acid groups (broad SMARTS) is 1. The topological polar surface area (TPSA) is 101 Å². The highest BCUT2D eigenvalue weighted by molar-refractivity contribution is 7.99. The first-order valence-electron chi connectivity index (χ1n) is 6.02. The first-order valence-corrected chi connectivity index (χ1v) is 8.62. The van der Waals surface area contributed by atoms with E-state index in [-0.39, 0.29) is 22.2 Å². The fourth-order valence-corrected chi connectivity index (χ4v) is 5.01. The Morgan fingerprint density at radius 2 is 2.20 bits per heavy atom. The van der Waals surface area contributed by atoms with Crippen molar-refractivity contribution in [3.63, 3.8) is 0 Å². The Morgan fingerprint density at radius 3 is 2.75 bits per heavy atom. The number of nitrogens with two attached hydrogens (primary N) is 1. The lowest BCUT2D eigenvalue weighted by molar-refractivity contribution is 0.0692. The normalized spacial score (nSPS) is 19.4. The van der Waals surface area contributed by atoms with Gasteiger partial charge in [0.25, 0.3) is 0 Å². The average Bonchev–Trinajstić information content (AvgIpc) is 2.91. The molecule has 0 radical (unpaired) electrons. The summed E-state index contributed by atoms with van der Waals surface area (Å²) >= 11 is 1.69. The Morgan fingerprint density at radius 1 is 1.50 bits per heavy atom. The monoisotopic (exact) mass is 316 g/mol. The zero-order chi connectivity index (χ0) is 14.9. The number of thioether (sulfide) groups is 1. The second kappa shape index (κ2) is 5.63. The van der Waals surface area contributed by atoms with Crippen molar-refractivity contribution in [3.8, 4) is 0 Å². The minimum Gasteiger partial charge on any atom is -0.478 e. The van der Waals surface area contributed by atoms with Crippen molar-refractivity contribution in [2.24, 2.45) is 0 Å². The maximum Gasteiger partial charge on any atom is 0.337 e. The minimum atomic E-state index is -3.83. The summed E-state index contributed by atoms with van der Waals surface area (Å²) in [4.78, 5) is 11.0. The lowest BCUT2D eigenvalue weighted by Gasteiger charge is -2.24. The predicted molar refractivity (Wildman–Crippen MR) is 78.5 cm³/mol. The SMILES string of the molecule is CN(C1CCSC1)S(=O)(=O)c1ccc(N)cc1C(=O)O. The van der Waals surface area contributed by atoms with E-state index in [9.17, 15) is 13.2 Å². The lowest BCUT2D eigenvalue weighted by Crippen LogP contribution is -2.37. The van der Waals surface area contributed by atoms with Crippen molar-refractivity contribution in [3.05, 3.63) is 23.8 Å². The lowest BCUT2D eigenvalue weighted by atomic mass is 10.2. The predicted octanol–water partition coefficient (Wildman–Crippen LogP) is 1.09. The zero-order valence-corrected chi connectivity index (χ0v) is 12.6. The zero-order valence-electron chi connectivity index (χ0n) is 10.9. The first kappa shape index (κ1) is 15.1. The standard InChI is InChI=1S/C12H16N2O4S2/c1-14(9-4-5-19-7-9)20(17,18)11-3-2-8(13)6-10(11)12(15)16/h2-3,6,9H,4-5,7,13H2,1H3,(H,15,16). The van der Waals surface area contributed by atoms with E-state index in [0.717, 1.165) is 17.9 Å². The number of hydrogen-bond acceptors (Lipinski definition) is 5. The molecule has 1 atom stereocenters. The van der Waals surface area contributed by atoms with E-state index in [1.165, 1.54) is 29.6 Å². The molecular formula is C12H16N2O4S2. The summed E-state index contributed by atoms with van der Waals surface area (Å²) in [7, 11) is -2.34. The number of nitrogen functional groups attached to an aromatic ring is 1. The molecule has 20 heavy (non-hydrogen) atoms. The van der Waals surface area contributed by atoms with E-state index in [1.54, 1.807) is 11.8 Å². The summed E-state index contributed by atoms with van der Waals surface area (Å²) in [6, 6.07) is 3.74. The fraction of sp³-hybridized carbons (Fsp3) is 0.417. The minimum absolute atomic E-state index is 0.0933. The third-order valence-corrected chi connectivity index (χ3v) is 6.42. The van der Waals surface area contributed by atoms with Crippen LogP contribution in [0.25, 0.3) is 0 Å². The van der Waals surface area contributed by atoms with E-state index in [0.29, 0.717) is 0 Å². The molecule has 1 fully saturated rings. The molecule has 1 aliphatic rings. The molecule has 1 heterocycles. The van der Waals surface area contributed by atoms with Crippen molar-refractivity contribution in [1.82, 2.24) is 4.31 Å². The van der Waals surface area contributed by atoms with Crippen LogP contribution < -0.4 is 5.73 Å². The van der Waals surface area contributed by atoms with E-state index in [2.05, 4.69) is 0 Å². The van der Waals surface area contributed by atoms with Crippen molar-refractivity contribution >= 4 is 33.4 Å². The maximum atomic E-state index is 12.6. The largest absolute Gasteiger partial charge is 0.478 e. The molecule has 1 aromatic rings. The van der Waals surface area contributed by atoms with Gasteiger partial charge in [-0.15, -0.1) is 0 Å². The van der Waals surface area contributed by atoms with E-state index >= 15 is 0 Å². The number of aromatic carboxylic acids is 1. The second-order valence-electron chi connectivity index (χ2n) is 4.60. The van der Waals surface area contributed by atoms with Gasteiger partial charge in [-0.05, 0) is 30.4 Å². The van der Waals surface area contributed by atoms with Gasteiger partial charge >= 0.3 is 5.97 Å². The van der Waals surface area contributed by atoms with Gasteiger partial charge in [0, 0.05) is 24.5 Å². The van der Waals surface area contributed by atoms with Crippen LogP contribution in [0.4, 0.5) is 5.69 Å². The third-order valence-electron chi connectivity index (χ3n) is 3.31. The van der Waals surface area contributed by atoms with Gasteiger partial charge in [0.15, 0.2) is 0 Å². The fourth-order valence-electron chi connectivity index (χ4n) is 2.10. The maximum absolute atomic E-state index is 12.6. The Kier molecular flexibility index (Phi) is 4.26. The van der Waals surface area contributed by atoms with Gasteiger partial charge in [0.2, 0.25) is 10.0 Å². The molecule has 1 aromatic carbocycles. The molecule has 8 heteroatoms. The molecule has 0 saturated carbocycles. The second-order valence-corrected chi connectivity index (χ2v) is 7.72. The molecule has 0 bridgehead atoms. The number of benzene rings is 1. The van der Waals surface area contributed by atoms with Gasteiger partial charge < -0.3 is 10.8 Å². The summed E-state index contributed by atoms with van der Waals surface area (Å²) < 4.78 is 26.4. The molecule has 1 saturated heterocycles. The van der Waals surface area contributed by atoms with Crippen LogP contribution >= 0.6 is 11.8 Å². The highest BCUT2D eigenvalue weighted by Gasteiger charge is 2.33. The van der Waals surface area contributed by atoms with Gasteiger partial charge in [-0.25, -0.2) is 13.2 Å². The molecule has 0 aliphatic carbocycles. The van der Waals surface area contributed by atoms with Crippen LogP contribution in [0.3, 0.4) is 0 Å². The van der Waals surface area contributed by atoms with Crippen LogP contribution in [-0.4, -0.2) is 48.4 Å². The quantitative estimate of drug-likeness (QED) is 0.807. The average molecular weight is 316 g/mol. The molecule has 2 rings (SSSR count). The number of hydrogen-bond donors (Lipinski definition) is 2. The first-order chi connectivity index (χ1) is 9.34. The molecule has 0 aromatic heterocycles. The van der Waals surface area contributed by atoms with Crippen molar-refractivity contribution in [2.75, 3.05) is 24.3 Å². The highest BCUT2D eigenvalue weighted by Crippen LogP contribution is 2.28. The highest BCUT2D eigenvalue weighted by atomic mass is 32.2. The van der Waals surface area contributed by atoms with Crippen molar-refractivity contribution < 1.29 is 18.3 Å². The number of carbonyl (C=O) groups is 1. The molecule has 110 valence electrons. The molecular weight excluding hydrogens is 300 g/mol. The number of rotatable bonds is 4. The van der Waals surface area contributed by atoms with Gasteiger partial charge in [-0.3, -0.25) is 0 Å². The van der Waals surface area contributed by atoms with E-state index in [1.807, 2.05) is 0 Å². The van der Waals surface area contributed by atoms with Gasteiger partial charge in [0.05, 0.1) is 10.5 Å². The Balaban J connectivity index is 2.46. The van der Waals surface area contributed by atoms with Crippen LogP contribution in [0.1, 0.15) is 16.8 Å². The Hall–Kier alpha value is -1.25. The van der Waals surface area contributed by atoms with Crippen LogP contribution in [0.2, 0.25) is 0 Å². The van der Waals surface area contributed by atoms with E-state index < -0.39 is 16.0 Å². The summed E-state index contributed by atoms with van der Waals surface area (Å²) in [5, 5.41) is 9.16. The molecule has 1 unspecified atom stereocenters. The summed E-state index contributed by atoms with van der Waals surface area (Å²) in [6.45, 7) is 0. The smallest absolute Gasteiger partial charge is 0.337 e. The Labute approximate surface area is 122 Å². The van der Waals surface area contributed by atoms with Gasteiger partial charge in [-0.2, -0.15) is 16.1 Å². The Bertz CT molecular complexity index is 624.